The van der Waals surface area contributed by atoms with Gasteiger partial charge in [0.2, 0.25) is 5.43 Å². The number of likely N-dealkylation sites (N-methyl/N-ethyl adjacent to an activating group) is 1. The van der Waals surface area contributed by atoms with Crippen LogP contribution >= 0.6 is 0 Å². The van der Waals surface area contributed by atoms with Crippen molar-refractivity contribution in [1.82, 2.24) is 14.8 Å². The van der Waals surface area contributed by atoms with E-state index in [-0.39, 0.29) is 35.1 Å². The van der Waals surface area contributed by atoms with Crippen LogP contribution in [0.15, 0.2) is 29.3 Å². The number of hydrogen-bond donors (Lipinski definition) is 1. The Kier molecular flexibility index (Phi) is 9.30. The van der Waals surface area contributed by atoms with Crippen LogP contribution in [0.1, 0.15) is 92.4 Å². The maximum Gasteiger partial charge on any atom is 0.259 e. The topological polar surface area (TPSA) is 80.6 Å². The molecule has 1 saturated heterocycles. The van der Waals surface area contributed by atoms with E-state index in [9.17, 15) is 14.4 Å². The molecule has 2 aliphatic rings. The summed E-state index contributed by atoms with van der Waals surface area (Å²) in [7, 11) is 0. The first-order valence-electron chi connectivity index (χ1n) is 12.5. The SMILES string of the molecule is C=C(C)CN(CC)C(=O)c1cn(C[C@H]2CCCO2)cc(C(=O)NC2CCCCCCC2)c1=O. The third-order valence-electron chi connectivity index (χ3n) is 6.56. The largest absolute Gasteiger partial charge is 0.376 e. The average Bonchev–Trinajstić information content (AvgIpc) is 3.27. The molecule has 2 fully saturated rings. The van der Waals surface area contributed by atoms with E-state index in [2.05, 4.69) is 11.9 Å². The Hall–Kier alpha value is -2.41. The highest BCUT2D eigenvalue weighted by Gasteiger charge is 2.25. The molecule has 1 aliphatic heterocycles. The fraction of sp³-hybridized carbons (Fsp3) is 0.654. The third kappa shape index (κ3) is 7.03. The van der Waals surface area contributed by atoms with Crippen molar-refractivity contribution in [1.29, 1.82) is 0 Å². The van der Waals surface area contributed by atoms with Crippen LogP contribution in [0.4, 0.5) is 0 Å². The second-order valence-electron chi connectivity index (χ2n) is 9.54. The molecule has 0 spiro atoms. The summed E-state index contributed by atoms with van der Waals surface area (Å²) in [6.45, 7) is 9.67. The van der Waals surface area contributed by atoms with Crippen LogP contribution in [0, 0.1) is 0 Å². The molecular weight excluding hydrogens is 418 g/mol. The van der Waals surface area contributed by atoms with E-state index in [4.69, 9.17) is 4.74 Å². The predicted molar refractivity (Wildman–Crippen MR) is 130 cm³/mol. The molecule has 0 unspecified atom stereocenters. The Labute approximate surface area is 197 Å². The van der Waals surface area contributed by atoms with Gasteiger partial charge in [0.05, 0.1) is 6.10 Å². The third-order valence-corrected chi connectivity index (χ3v) is 6.56. The summed E-state index contributed by atoms with van der Waals surface area (Å²) in [5.41, 5.74) is 0.392. The van der Waals surface area contributed by atoms with E-state index in [0.717, 1.165) is 44.1 Å². The van der Waals surface area contributed by atoms with E-state index >= 15 is 0 Å². The second-order valence-corrected chi connectivity index (χ2v) is 9.54. The Balaban J connectivity index is 1.90. The molecule has 3 rings (SSSR count). The number of nitrogens with one attached hydrogen (secondary N) is 1. The highest BCUT2D eigenvalue weighted by molar-refractivity contribution is 5.99. The van der Waals surface area contributed by atoms with Gasteiger partial charge in [0.15, 0.2) is 0 Å². The molecule has 33 heavy (non-hydrogen) atoms. The van der Waals surface area contributed by atoms with Gasteiger partial charge in [-0.05, 0) is 39.5 Å². The zero-order valence-electron chi connectivity index (χ0n) is 20.2. The first-order chi connectivity index (χ1) is 15.9. The van der Waals surface area contributed by atoms with Gasteiger partial charge in [-0.1, -0.05) is 44.3 Å². The molecule has 1 saturated carbocycles. The molecule has 7 heteroatoms. The van der Waals surface area contributed by atoms with E-state index in [1.54, 1.807) is 21.9 Å². The number of hydrogen-bond acceptors (Lipinski definition) is 4. The second kappa shape index (κ2) is 12.2. The quantitative estimate of drug-likeness (QED) is 0.600. The molecule has 1 N–H and O–H groups in total. The van der Waals surface area contributed by atoms with Gasteiger partial charge in [0.25, 0.3) is 11.8 Å². The molecule has 0 bridgehead atoms. The van der Waals surface area contributed by atoms with E-state index in [1.165, 1.54) is 19.3 Å². The molecule has 1 aromatic heterocycles. The summed E-state index contributed by atoms with van der Waals surface area (Å²) in [6, 6.07) is 0.0683. The number of amides is 2. The summed E-state index contributed by atoms with van der Waals surface area (Å²) in [4.78, 5) is 41.4. The first kappa shape index (κ1) is 25.2. The van der Waals surface area contributed by atoms with Crippen LogP contribution in [0.5, 0.6) is 0 Å². The van der Waals surface area contributed by atoms with Crippen LogP contribution < -0.4 is 10.7 Å². The zero-order chi connectivity index (χ0) is 23.8. The number of carbonyl (C=O) groups excluding carboxylic acids is 2. The number of carbonyl (C=O) groups is 2. The molecular formula is C26H39N3O4. The van der Waals surface area contributed by atoms with Crippen LogP contribution in [0.2, 0.25) is 0 Å². The molecule has 1 aliphatic carbocycles. The molecule has 0 aromatic carbocycles. The van der Waals surface area contributed by atoms with Crippen LogP contribution in [-0.4, -0.2) is 53.1 Å². The standard InChI is InChI=1S/C26H39N3O4/c1-4-29(15-19(2)3)26(32)23-18-28(16-21-13-10-14-33-21)17-22(24(23)30)25(31)27-20-11-8-6-5-7-9-12-20/h17-18,20-21H,2,4-16H2,1,3H3,(H,27,31)/t21-/m1/s1. The molecule has 7 nitrogen and oxygen atoms in total. The van der Waals surface area contributed by atoms with Crippen molar-refractivity contribution in [3.8, 4) is 0 Å². The summed E-state index contributed by atoms with van der Waals surface area (Å²) in [5, 5.41) is 3.08. The number of nitrogens with zero attached hydrogens (tertiary/aromatic N) is 2. The molecule has 182 valence electrons. The smallest absolute Gasteiger partial charge is 0.259 e. The molecule has 2 amide bonds. The van der Waals surface area contributed by atoms with Crippen molar-refractivity contribution in [3.05, 3.63) is 45.9 Å². The fourth-order valence-electron chi connectivity index (χ4n) is 4.76. The molecule has 1 aromatic rings. The van der Waals surface area contributed by atoms with Crippen LogP contribution in [-0.2, 0) is 11.3 Å². The molecule has 2 heterocycles. The summed E-state index contributed by atoms with van der Waals surface area (Å²) < 4.78 is 7.53. The predicted octanol–water partition coefficient (Wildman–Crippen LogP) is 3.91. The lowest BCUT2D eigenvalue weighted by Gasteiger charge is -2.23. The van der Waals surface area contributed by atoms with Gasteiger partial charge in [-0.2, -0.15) is 0 Å². The maximum atomic E-state index is 13.3. The summed E-state index contributed by atoms with van der Waals surface area (Å²) in [6.07, 6.45) is 12.7. The number of rotatable bonds is 8. The van der Waals surface area contributed by atoms with Crippen molar-refractivity contribution in [3.63, 3.8) is 0 Å². The zero-order valence-corrected chi connectivity index (χ0v) is 20.2. The van der Waals surface area contributed by atoms with Crippen molar-refractivity contribution < 1.29 is 14.3 Å². The highest BCUT2D eigenvalue weighted by atomic mass is 16.5. The van der Waals surface area contributed by atoms with Crippen molar-refractivity contribution in [2.24, 2.45) is 0 Å². The monoisotopic (exact) mass is 457 g/mol. The van der Waals surface area contributed by atoms with Crippen molar-refractivity contribution >= 4 is 11.8 Å². The van der Waals surface area contributed by atoms with Gasteiger partial charge < -0.3 is 19.5 Å². The van der Waals surface area contributed by atoms with E-state index in [0.29, 0.717) is 26.2 Å². The van der Waals surface area contributed by atoms with Crippen LogP contribution in [0.3, 0.4) is 0 Å². The maximum absolute atomic E-state index is 13.3. The minimum absolute atomic E-state index is 0.0228. The lowest BCUT2D eigenvalue weighted by Crippen LogP contribution is -2.41. The Morgan fingerprint density at radius 3 is 2.36 bits per heavy atom. The Morgan fingerprint density at radius 1 is 1.09 bits per heavy atom. The first-order valence-corrected chi connectivity index (χ1v) is 12.5. The van der Waals surface area contributed by atoms with Crippen LogP contribution in [0.25, 0.3) is 0 Å². The Morgan fingerprint density at radius 2 is 1.76 bits per heavy atom. The lowest BCUT2D eigenvalue weighted by atomic mass is 9.96. The Bertz CT molecular complexity index is 893. The minimum Gasteiger partial charge on any atom is -0.376 e. The number of pyridine rings is 1. The summed E-state index contributed by atoms with van der Waals surface area (Å²) >= 11 is 0. The van der Waals surface area contributed by atoms with Gasteiger partial charge in [-0.15, -0.1) is 0 Å². The number of ether oxygens (including phenoxy) is 1. The fourth-order valence-corrected chi connectivity index (χ4v) is 4.76. The van der Waals surface area contributed by atoms with E-state index < -0.39 is 5.43 Å². The van der Waals surface area contributed by atoms with Gasteiger partial charge >= 0.3 is 0 Å². The summed E-state index contributed by atoms with van der Waals surface area (Å²) in [5.74, 6) is -0.753. The van der Waals surface area contributed by atoms with E-state index in [1.807, 2.05) is 13.8 Å². The number of aromatic nitrogens is 1. The molecule has 1 atom stereocenters. The normalized spacial score (nSPS) is 19.5. The van der Waals surface area contributed by atoms with Crippen molar-refractivity contribution in [2.75, 3.05) is 19.7 Å². The van der Waals surface area contributed by atoms with Crippen molar-refractivity contribution in [2.45, 2.75) is 90.3 Å². The van der Waals surface area contributed by atoms with Gasteiger partial charge in [0, 0.05) is 44.7 Å². The minimum atomic E-state index is -0.507. The average molecular weight is 458 g/mol. The van der Waals surface area contributed by atoms with Gasteiger partial charge in [-0.25, -0.2) is 0 Å². The van der Waals surface area contributed by atoms with Gasteiger partial charge in [-0.3, -0.25) is 14.4 Å². The lowest BCUT2D eigenvalue weighted by molar-refractivity contribution is 0.0773. The highest BCUT2D eigenvalue weighted by Crippen LogP contribution is 2.18. The molecule has 0 radical (unpaired) electrons. The van der Waals surface area contributed by atoms with Gasteiger partial charge in [0.1, 0.15) is 11.1 Å².